The van der Waals surface area contributed by atoms with E-state index in [0.29, 0.717) is 18.5 Å². The number of nitrogens with one attached hydrogen (secondary N) is 1. The van der Waals surface area contributed by atoms with Crippen molar-refractivity contribution >= 4 is 21.8 Å². The van der Waals surface area contributed by atoms with Crippen LogP contribution in [0.1, 0.15) is 11.5 Å². The highest BCUT2D eigenvalue weighted by molar-refractivity contribution is 9.09. The van der Waals surface area contributed by atoms with Crippen molar-refractivity contribution < 1.29 is 14.3 Å². The minimum atomic E-state index is -0.223. The Morgan fingerprint density at radius 2 is 2.39 bits per heavy atom. The summed E-state index contributed by atoms with van der Waals surface area (Å²) in [5.74, 6) is 0.570. The predicted octanol–water partition coefficient (Wildman–Crippen LogP) is 1.69. The number of halogens is 1. The zero-order chi connectivity index (χ0) is 13.0. The fourth-order valence-electron chi connectivity index (χ4n) is 2.01. The summed E-state index contributed by atoms with van der Waals surface area (Å²) in [5.41, 5.74) is 0.959. The van der Waals surface area contributed by atoms with Gasteiger partial charge in [-0.05, 0) is 6.07 Å². The summed E-state index contributed by atoms with van der Waals surface area (Å²) in [6.07, 6.45) is 0. The van der Waals surface area contributed by atoms with Crippen molar-refractivity contribution in [2.75, 3.05) is 25.7 Å². The molecule has 1 aromatic carbocycles. The average molecular weight is 314 g/mol. The molecule has 98 valence electrons. The van der Waals surface area contributed by atoms with E-state index in [1.165, 1.54) is 0 Å². The second-order valence-electron chi connectivity index (χ2n) is 4.22. The number of ether oxygens (including phenoxy) is 2. The molecular weight excluding hydrogens is 298 g/mol. The lowest BCUT2D eigenvalue weighted by molar-refractivity contribution is -0.123. The van der Waals surface area contributed by atoms with E-state index in [-0.39, 0.29) is 17.9 Å². The fraction of sp³-hybridized carbons (Fsp3) is 0.462. The molecule has 0 aromatic heterocycles. The van der Waals surface area contributed by atoms with E-state index < -0.39 is 0 Å². The van der Waals surface area contributed by atoms with Crippen LogP contribution in [-0.4, -0.2) is 37.6 Å². The van der Waals surface area contributed by atoms with Gasteiger partial charge in [0.25, 0.3) is 0 Å². The number of fused-ring (bicyclic) bond motifs is 1. The zero-order valence-corrected chi connectivity index (χ0v) is 11.8. The Hall–Kier alpha value is -1.07. The molecule has 2 atom stereocenters. The maximum Gasteiger partial charge on any atom is 0.231 e. The molecule has 0 fully saturated rings. The Labute approximate surface area is 115 Å². The maximum absolute atomic E-state index is 12.2. The van der Waals surface area contributed by atoms with E-state index in [2.05, 4.69) is 21.2 Å². The first kappa shape index (κ1) is 13.4. The van der Waals surface area contributed by atoms with Crippen LogP contribution in [0.3, 0.4) is 0 Å². The summed E-state index contributed by atoms with van der Waals surface area (Å²) in [5, 5.41) is 3.63. The molecule has 1 heterocycles. The minimum Gasteiger partial charge on any atom is -0.492 e. The van der Waals surface area contributed by atoms with Gasteiger partial charge in [0.15, 0.2) is 0 Å². The maximum atomic E-state index is 12.2. The van der Waals surface area contributed by atoms with Crippen LogP contribution in [0.4, 0.5) is 0 Å². The third kappa shape index (κ3) is 2.84. The number of carbonyl (C=O) groups excluding carboxylic acids is 1. The van der Waals surface area contributed by atoms with Crippen LogP contribution in [0, 0.1) is 0 Å². The van der Waals surface area contributed by atoms with Gasteiger partial charge in [0.2, 0.25) is 5.91 Å². The molecule has 2 unspecified atom stereocenters. The van der Waals surface area contributed by atoms with Crippen molar-refractivity contribution in [3.8, 4) is 5.75 Å². The monoisotopic (exact) mass is 313 g/mol. The number of hydrogen-bond acceptors (Lipinski definition) is 3. The van der Waals surface area contributed by atoms with Crippen molar-refractivity contribution in [3.63, 3.8) is 0 Å². The van der Waals surface area contributed by atoms with Gasteiger partial charge in [-0.25, -0.2) is 0 Å². The average Bonchev–Trinajstić information content (AvgIpc) is 2.82. The van der Waals surface area contributed by atoms with Gasteiger partial charge in [-0.3, -0.25) is 4.79 Å². The highest BCUT2D eigenvalue weighted by Crippen LogP contribution is 2.33. The number of alkyl halides is 1. The molecule has 1 aliphatic rings. The molecule has 18 heavy (non-hydrogen) atoms. The smallest absolute Gasteiger partial charge is 0.231 e. The first-order chi connectivity index (χ1) is 8.76. The Morgan fingerprint density at radius 1 is 1.61 bits per heavy atom. The van der Waals surface area contributed by atoms with Crippen LogP contribution in [-0.2, 0) is 9.53 Å². The fourth-order valence-corrected chi connectivity index (χ4v) is 2.36. The highest BCUT2D eigenvalue weighted by Gasteiger charge is 2.30. The molecule has 0 saturated carbocycles. The van der Waals surface area contributed by atoms with Crippen LogP contribution < -0.4 is 10.1 Å². The van der Waals surface area contributed by atoms with Crippen molar-refractivity contribution in [2.45, 2.75) is 12.0 Å². The molecule has 2 rings (SSSR count). The third-order valence-electron chi connectivity index (χ3n) is 2.92. The molecule has 1 aromatic rings. The zero-order valence-electron chi connectivity index (χ0n) is 10.2. The lowest BCUT2D eigenvalue weighted by Gasteiger charge is -2.17. The molecule has 1 aliphatic heterocycles. The molecule has 0 spiro atoms. The Balaban J connectivity index is 2.03. The third-order valence-corrected chi connectivity index (χ3v) is 3.70. The summed E-state index contributed by atoms with van der Waals surface area (Å²) < 4.78 is 10.6. The number of carbonyl (C=O) groups is 1. The highest BCUT2D eigenvalue weighted by atomic mass is 79.9. The van der Waals surface area contributed by atoms with E-state index in [1.807, 2.05) is 24.3 Å². The van der Waals surface area contributed by atoms with Crippen LogP contribution in [0.15, 0.2) is 24.3 Å². The Kier molecular flexibility index (Phi) is 4.60. The SMILES string of the molecule is COCC(CBr)NC(=O)C1COc2ccccc21. The summed E-state index contributed by atoms with van der Waals surface area (Å²) in [6.45, 7) is 0.902. The van der Waals surface area contributed by atoms with E-state index in [1.54, 1.807) is 7.11 Å². The lowest BCUT2D eigenvalue weighted by atomic mass is 10.0. The van der Waals surface area contributed by atoms with Gasteiger partial charge >= 0.3 is 0 Å². The number of hydrogen-bond donors (Lipinski definition) is 1. The summed E-state index contributed by atoms with van der Waals surface area (Å²) in [4.78, 5) is 12.2. The van der Waals surface area contributed by atoms with Gasteiger partial charge in [-0.15, -0.1) is 0 Å². The van der Waals surface area contributed by atoms with E-state index >= 15 is 0 Å². The number of amides is 1. The van der Waals surface area contributed by atoms with Crippen LogP contribution in [0.5, 0.6) is 5.75 Å². The molecule has 5 heteroatoms. The molecule has 0 saturated heterocycles. The Morgan fingerprint density at radius 3 is 3.11 bits per heavy atom. The summed E-state index contributed by atoms with van der Waals surface area (Å²) >= 11 is 3.36. The number of benzene rings is 1. The minimum absolute atomic E-state index is 0.0125. The number of rotatable bonds is 5. The number of methoxy groups -OCH3 is 1. The standard InChI is InChI=1S/C13H16BrNO3/c1-17-7-9(6-14)15-13(16)11-8-18-12-5-3-2-4-10(11)12/h2-5,9,11H,6-8H2,1H3,(H,15,16). The topological polar surface area (TPSA) is 47.6 Å². The van der Waals surface area contributed by atoms with Gasteiger partial charge in [0, 0.05) is 18.0 Å². The van der Waals surface area contributed by atoms with Gasteiger partial charge in [0.1, 0.15) is 18.3 Å². The van der Waals surface area contributed by atoms with Gasteiger partial charge in [0.05, 0.1) is 12.6 Å². The number of para-hydroxylation sites is 1. The molecule has 1 N–H and O–H groups in total. The van der Waals surface area contributed by atoms with Crippen LogP contribution in [0.2, 0.25) is 0 Å². The van der Waals surface area contributed by atoms with Gasteiger partial charge in [-0.1, -0.05) is 34.1 Å². The first-order valence-corrected chi connectivity index (χ1v) is 6.95. The van der Waals surface area contributed by atoms with E-state index in [0.717, 1.165) is 11.3 Å². The largest absolute Gasteiger partial charge is 0.492 e. The van der Waals surface area contributed by atoms with E-state index in [4.69, 9.17) is 9.47 Å². The van der Waals surface area contributed by atoms with E-state index in [9.17, 15) is 4.79 Å². The molecule has 0 aliphatic carbocycles. The summed E-state index contributed by atoms with van der Waals surface area (Å²) in [6, 6.07) is 7.64. The van der Waals surface area contributed by atoms with Crippen molar-refractivity contribution in [2.24, 2.45) is 0 Å². The normalized spacial score (nSPS) is 18.9. The second kappa shape index (κ2) is 6.20. The molecule has 0 bridgehead atoms. The van der Waals surface area contributed by atoms with Crippen molar-refractivity contribution in [1.29, 1.82) is 0 Å². The molecule has 4 nitrogen and oxygen atoms in total. The first-order valence-electron chi connectivity index (χ1n) is 5.83. The lowest BCUT2D eigenvalue weighted by Crippen LogP contribution is -2.42. The summed E-state index contributed by atoms with van der Waals surface area (Å²) in [7, 11) is 1.62. The second-order valence-corrected chi connectivity index (χ2v) is 4.86. The quantitative estimate of drug-likeness (QED) is 0.842. The van der Waals surface area contributed by atoms with Crippen LogP contribution in [0.25, 0.3) is 0 Å². The van der Waals surface area contributed by atoms with Crippen molar-refractivity contribution in [1.82, 2.24) is 5.32 Å². The predicted molar refractivity (Wildman–Crippen MR) is 72.3 cm³/mol. The van der Waals surface area contributed by atoms with Gasteiger partial charge in [-0.2, -0.15) is 0 Å². The molecular formula is C13H16BrNO3. The Bertz CT molecular complexity index is 424. The van der Waals surface area contributed by atoms with Crippen molar-refractivity contribution in [3.05, 3.63) is 29.8 Å². The molecule has 1 amide bonds. The van der Waals surface area contributed by atoms with Crippen LogP contribution >= 0.6 is 15.9 Å². The van der Waals surface area contributed by atoms with Gasteiger partial charge < -0.3 is 14.8 Å². The molecule has 0 radical (unpaired) electrons.